The number of hydrogen-bond acceptors (Lipinski definition) is 4. The smallest absolute Gasteiger partial charge is 0.366 e. The van der Waals surface area contributed by atoms with E-state index in [-0.39, 0.29) is 33.9 Å². The molecule has 1 fully saturated rings. The predicted octanol–water partition coefficient (Wildman–Crippen LogP) is 5.56. The first-order valence-corrected chi connectivity index (χ1v) is 13.2. The lowest BCUT2D eigenvalue weighted by atomic mass is 9.94. The molecule has 1 atom stereocenters. The van der Waals surface area contributed by atoms with E-state index in [2.05, 4.69) is 4.98 Å². The maximum Gasteiger partial charge on any atom is 0.417 e. The highest BCUT2D eigenvalue weighted by molar-refractivity contribution is 7.89. The number of nitrogens with two attached hydrogens (primary N) is 1. The molecule has 3 aromatic rings. The average molecular weight is 563 g/mol. The summed E-state index contributed by atoms with van der Waals surface area (Å²) in [6.07, 6.45) is -4.85. The molecule has 7 nitrogen and oxygen atoms in total. The zero-order chi connectivity index (χ0) is 28.0. The number of halogens is 6. The highest BCUT2D eigenvalue weighted by Gasteiger charge is 2.39. The van der Waals surface area contributed by atoms with Crippen LogP contribution in [0.25, 0.3) is 22.3 Å². The van der Waals surface area contributed by atoms with Gasteiger partial charge in [0.05, 0.1) is 21.7 Å². The number of carbonyl (C=O) groups is 1. The van der Waals surface area contributed by atoms with Gasteiger partial charge < -0.3 is 10.3 Å². The quantitative estimate of drug-likeness (QED) is 0.384. The Morgan fingerprint density at radius 3 is 2.21 bits per heavy atom. The molecule has 38 heavy (non-hydrogen) atoms. The highest BCUT2D eigenvalue weighted by atomic mass is 32.2. The van der Waals surface area contributed by atoms with Crippen LogP contribution in [0.3, 0.4) is 0 Å². The van der Waals surface area contributed by atoms with Gasteiger partial charge in [0.2, 0.25) is 10.0 Å². The van der Waals surface area contributed by atoms with Crippen LogP contribution in [0, 0.1) is 0 Å². The van der Waals surface area contributed by atoms with E-state index in [1.54, 1.807) is 9.29 Å². The molecule has 1 aliphatic rings. The molecule has 4 rings (SSSR count). The van der Waals surface area contributed by atoms with Gasteiger partial charge in [-0.1, -0.05) is 31.4 Å². The van der Waals surface area contributed by atoms with Crippen molar-refractivity contribution < 1.29 is 39.6 Å². The van der Waals surface area contributed by atoms with Gasteiger partial charge in [0.25, 0.3) is 5.91 Å². The molecule has 1 aliphatic carbocycles. The van der Waals surface area contributed by atoms with Crippen molar-refractivity contribution in [1.82, 2.24) is 14.3 Å². The summed E-state index contributed by atoms with van der Waals surface area (Å²) in [6, 6.07) is 2.93. The number of hydrogen-bond donors (Lipinski definition) is 2. The van der Waals surface area contributed by atoms with Crippen LogP contribution in [-0.4, -0.2) is 36.1 Å². The third-order valence-corrected chi connectivity index (χ3v) is 8.17. The number of nitrogens with one attached hydrogen (secondary N) is 1. The molecule has 0 aliphatic heterocycles. The van der Waals surface area contributed by atoms with Gasteiger partial charge in [-0.25, -0.2) is 13.4 Å². The Bertz CT molecular complexity index is 1460. The van der Waals surface area contributed by atoms with Crippen molar-refractivity contribution in [2.45, 2.75) is 68.4 Å². The molecule has 0 spiro atoms. The number of fused-ring (bicyclic) bond motifs is 1. The summed E-state index contributed by atoms with van der Waals surface area (Å²) in [5, 5.41) is -0.0923. The molecule has 3 N–H and O–H groups in total. The van der Waals surface area contributed by atoms with E-state index in [1.165, 1.54) is 12.1 Å². The molecule has 1 amide bonds. The number of amides is 1. The van der Waals surface area contributed by atoms with E-state index in [0.717, 1.165) is 37.5 Å². The minimum atomic E-state index is -4.80. The fourth-order valence-electron chi connectivity index (χ4n) is 4.73. The standard InChI is InChI=1S/C24H24F6N4O3S/c1-13(23(25,26)27)33-38(36,37)17-9-7-14(8-10-17)20-19(21(31)35)18-11-15(24(28,29)30)12-32-22(18)34(20)16-5-3-2-4-6-16/h7-13,16,33H,2-6H2,1H3,(H2,31,35)/t13-/m1/s1. The lowest BCUT2D eigenvalue weighted by Gasteiger charge is -2.26. The molecule has 0 unspecified atom stereocenters. The zero-order valence-corrected chi connectivity index (χ0v) is 20.8. The van der Waals surface area contributed by atoms with E-state index in [0.29, 0.717) is 26.0 Å². The van der Waals surface area contributed by atoms with Crippen LogP contribution in [0.15, 0.2) is 41.4 Å². The summed E-state index contributed by atoms with van der Waals surface area (Å²) < 4.78 is 107. The first kappa shape index (κ1) is 27.9. The van der Waals surface area contributed by atoms with Crippen LogP contribution in [0.1, 0.15) is 61.0 Å². The van der Waals surface area contributed by atoms with Gasteiger partial charge in [-0.05, 0) is 43.5 Å². The molecule has 206 valence electrons. The second kappa shape index (κ2) is 9.88. The highest BCUT2D eigenvalue weighted by Crippen LogP contribution is 2.42. The lowest BCUT2D eigenvalue weighted by molar-refractivity contribution is -0.147. The summed E-state index contributed by atoms with van der Waals surface area (Å²) in [6.45, 7) is 0.663. The van der Waals surface area contributed by atoms with Gasteiger partial charge in [-0.2, -0.15) is 31.1 Å². The number of benzene rings is 1. The van der Waals surface area contributed by atoms with Gasteiger partial charge in [0, 0.05) is 17.6 Å². The summed E-state index contributed by atoms with van der Waals surface area (Å²) in [7, 11) is -4.55. The minimum Gasteiger partial charge on any atom is -0.366 e. The van der Waals surface area contributed by atoms with Crippen LogP contribution in [0.5, 0.6) is 0 Å². The second-order valence-corrected chi connectivity index (χ2v) is 11.0. The number of aromatic nitrogens is 2. The summed E-state index contributed by atoms with van der Waals surface area (Å²) in [5.74, 6) is -1.00. The molecular weight excluding hydrogens is 538 g/mol. The van der Waals surface area contributed by atoms with E-state index in [1.807, 2.05) is 0 Å². The number of carbonyl (C=O) groups excluding carboxylic acids is 1. The Morgan fingerprint density at radius 1 is 1.08 bits per heavy atom. The van der Waals surface area contributed by atoms with Crippen molar-refractivity contribution in [1.29, 1.82) is 0 Å². The molecular formula is C24H24F6N4O3S. The zero-order valence-electron chi connectivity index (χ0n) is 20.0. The minimum absolute atomic E-state index is 0.0923. The van der Waals surface area contributed by atoms with E-state index >= 15 is 0 Å². The Morgan fingerprint density at radius 2 is 1.68 bits per heavy atom. The SMILES string of the molecule is C[C@@H](NS(=O)(=O)c1ccc(-c2c(C(N)=O)c3cc(C(F)(F)F)cnc3n2C2CCCCC2)cc1)C(F)(F)F. The molecule has 2 aromatic heterocycles. The molecule has 1 aromatic carbocycles. The fraction of sp³-hybridized carbons (Fsp3) is 0.417. The fourth-order valence-corrected chi connectivity index (χ4v) is 5.96. The Hall–Kier alpha value is -3.13. The van der Waals surface area contributed by atoms with Crippen molar-refractivity contribution in [3.63, 3.8) is 0 Å². The van der Waals surface area contributed by atoms with Crippen LogP contribution < -0.4 is 10.5 Å². The van der Waals surface area contributed by atoms with Gasteiger partial charge in [0.15, 0.2) is 0 Å². The van der Waals surface area contributed by atoms with Crippen molar-refractivity contribution in [3.05, 3.63) is 47.7 Å². The predicted molar refractivity (Wildman–Crippen MR) is 127 cm³/mol. The molecule has 1 saturated carbocycles. The van der Waals surface area contributed by atoms with Crippen LogP contribution in [-0.2, 0) is 16.2 Å². The van der Waals surface area contributed by atoms with Gasteiger partial charge in [0.1, 0.15) is 11.7 Å². The third kappa shape index (κ3) is 5.37. The summed E-state index contributed by atoms with van der Waals surface area (Å²) in [4.78, 5) is 16.2. The number of primary amides is 1. The molecule has 0 saturated heterocycles. The first-order valence-electron chi connectivity index (χ1n) is 11.7. The van der Waals surface area contributed by atoms with E-state index < -0.39 is 44.8 Å². The maximum absolute atomic E-state index is 13.5. The first-order chi connectivity index (χ1) is 17.6. The van der Waals surface area contributed by atoms with E-state index in [4.69, 9.17) is 5.73 Å². The third-order valence-electron chi connectivity index (χ3n) is 6.62. The van der Waals surface area contributed by atoms with Crippen molar-refractivity contribution in [2.24, 2.45) is 5.73 Å². The lowest BCUT2D eigenvalue weighted by Crippen LogP contribution is -2.42. The summed E-state index contributed by atoms with van der Waals surface area (Å²) >= 11 is 0. The maximum atomic E-state index is 13.5. The van der Waals surface area contributed by atoms with Crippen LogP contribution in [0.4, 0.5) is 26.3 Å². The van der Waals surface area contributed by atoms with Gasteiger partial charge >= 0.3 is 12.4 Å². The van der Waals surface area contributed by atoms with Gasteiger partial charge in [-0.3, -0.25) is 4.79 Å². The normalized spacial score (nSPS) is 16.6. The number of pyridine rings is 1. The largest absolute Gasteiger partial charge is 0.417 e. The van der Waals surface area contributed by atoms with Crippen molar-refractivity contribution in [2.75, 3.05) is 0 Å². The number of alkyl halides is 6. The monoisotopic (exact) mass is 562 g/mol. The molecule has 0 bridgehead atoms. The van der Waals surface area contributed by atoms with Crippen LogP contribution in [0.2, 0.25) is 0 Å². The van der Waals surface area contributed by atoms with Gasteiger partial charge in [-0.15, -0.1) is 0 Å². The topological polar surface area (TPSA) is 107 Å². The second-order valence-electron chi connectivity index (χ2n) is 9.25. The molecule has 0 radical (unpaired) electrons. The number of sulfonamides is 1. The molecule has 2 heterocycles. The summed E-state index contributed by atoms with van der Waals surface area (Å²) in [5.41, 5.74) is 4.92. The Labute approximate surface area is 214 Å². The van der Waals surface area contributed by atoms with E-state index in [9.17, 15) is 39.6 Å². The molecule has 14 heteroatoms. The number of nitrogens with zero attached hydrogens (tertiary/aromatic N) is 2. The Balaban J connectivity index is 1.89. The Kier molecular flexibility index (Phi) is 7.25. The van der Waals surface area contributed by atoms with Crippen LogP contribution >= 0.6 is 0 Å². The van der Waals surface area contributed by atoms with Crippen molar-refractivity contribution in [3.8, 4) is 11.3 Å². The average Bonchev–Trinajstić information content (AvgIpc) is 3.18. The van der Waals surface area contributed by atoms with Crippen molar-refractivity contribution >= 4 is 27.0 Å². The number of rotatable bonds is 6.